The van der Waals surface area contributed by atoms with Gasteiger partial charge in [-0.15, -0.1) is 0 Å². The number of hydrogen-bond acceptors (Lipinski definition) is 5. The maximum absolute atomic E-state index is 12.3. The van der Waals surface area contributed by atoms with E-state index in [1.54, 1.807) is 4.90 Å². The van der Waals surface area contributed by atoms with E-state index in [9.17, 15) is 4.79 Å². The number of halogens is 1. The Morgan fingerprint density at radius 1 is 1.36 bits per heavy atom. The van der Waals surface area contributed by atoms with Gasteiger partial charge in [0.2, 0.25) is 0 Å². The smallest absolute Gasteiger partial charge is 0.410 e. The molecule has 1 aromatic heterocycles. The molecule has 1 atom stereocenters. The number of carbonyl (C=O) groups excluding carboxylic acids is 1. The minimum absolute atomic E-state index is 0.0954. The van der Waals surface area contributed by atoms with Gasteiger partial charge in [0, 0.05) is 30.1 Å². The van der Waals surface area contributed by atoms with E-state index >= 15 is 0 Å². The zero-order valence-corrected chi connectivity index (χ0v) is 16.9. The highest BCUT2D eigenvalue weighted by atomic mass is 79.9. The molecule has 0 radical (unpaired) electrons. The standard InChI is InChI=1S/C18H24BrN3O3/c1-11-8-13(19)9-14-15(11)24-16(20-14)22-7-6-21(10-12(22)2)17(23)25-18(3,4)5/h8-9,12H,6-7,10H2,1-5H3/t12-/m0/s1. The first-order valence-corrected chi connectivity index (χ1v) is 9.24. The van der Waals surface area contributed by atoms with Crippen molar-refractivity contribution in [2.24, 2.45) is 0 Å². The van der Waals surface area contributed by atoms with Crippen LogP contribution >= 0.6 is 15.9 Å². The molecule has 1 amide bonds. The van der Waals surface area contributed by atoms with Crippen LogP contribution in [0.25, 0.3) is 11.1 Å². The lowest BCUT2D eigenvalue weighted by molar-refractivity contribution is 0.0216. The van der Waals surface area contributed by atoms with Gasteiger partial charge in [-0.2, -0.15) is 4.98 Å². The van der Waals surface area contributed by atoms with Gasteiger partial charge in [0.15, 0.2) is 5.58 Å². The van der Waals surface area contributed by atoms with Gasteiger partial charge in [0.25, 0.3) is 6.01 Å². The first-order chi connectivity index (χ1) is 11.6. The average molecular weight is 410 g/mol. The van der Waals surface area contributed by atoms with E-state index in [2.05, 4.69) is 32.7 Å². The van der Waals surface area contributed by atoms with Crippen LogP contribution in [0, 0.1) is 6.92 Å². The first-order valence-electron chi connectivity index (χ1n) is 8.45. The summed E-state index contributed by atoms with van der Waals surface area (Å²) in [5, 5.41) is 0. The third kappa shape index (κ3) is 3.92. The van der Waals surface area contributed by atoms with Crippen molar-refractivity contribution >= 4 is 39.1 Å². The molecule has 0 saturated carbocycles. The quantitative estimate of drug-likeness (QED) is 0.700. The van der Waals surface area contributed by atoms with Crippen molar-refractivity contribution < 1.29 is 13.9 Å². The molecule has 2 heterocycles. The van der Waals surface area contributed by atoms with Gasteiger partial charge in [0.1, 0.15) is 11.1 Å². The van der Waals surface area contributed by atoms with Crippen LogP contribution in [0.1, 0.15) is 33.3 Å². The third-order valence-electron chi connectivity index (χ3n) is 4.15. The fourth-order valence-corrected chi connectivity index (χ4v) is 3.56. The SMILES string of the molecule is Cc1cc(Br)cc2nc(N3CCN(C(=O)OC(C)(C)C)C[C@@H]3C)oc12. The molecule has 7 heteroatoms. The molecule has 1 aliphatic heterocycles. The number of ether oxygens (including phenoxy) is 1. The lowest BCUT2D eigenvalue weighted by Gasteiger charge is -2.39. The summed E-state index contributed by atoms with van der Waals surface area (Å²) in [6.07, 6.45) is -0.267. The van der Waals surface area contributed by atoms with Crippen LogP contribution in [0.2, 0.25) is 0 Å². The molecule has 0 aliphatic carbocycles. The average Bonchev–Trinajstić information content (AvgIpc) is 2.89. The monoisotopic (exact) mass is 409 g/mol. The van der Waals surface area contributed by atoms with E-state index < -0.39 is 5.60 Å². The van der Waals surface area contributed by atoms with Gasteiger partial charge in [-0.05, 0) is 52.3 Å². The van der Waals surface area contributed by atoms with Crippen molar-refractivity contribution in [3.05, 3.63) is 22.2 Å². The van der Waals surface area contributed by atoms with E-state index in [-0.39, 0.29) is 12.1 Å². The summed E-state index contributed by atoms with van der Waals surface area (Å²) in [7, 11) is 0. The van der Waals surface area contributed by atoms with Crippen molar-refractivity contribution in [1.29, 1.82) is 0 Å². The Balaban J connectivity index is 1.76. The van der Waals surface area contributed by atoms with Crippen LogP contribution in [0.5, 0.6) is 0 Å². The third-order valence-corrected chi connectivity index (χ3v) is 4.61. The van der Waals surface area contributed by atoms with E-state index in [0.29, 0.717) is 25.6 Å². The molecular formula is C18H24BrN3O3. The summed E-state index contributed by atoms with van der Waals surface area (Å²) in [5.74, 6) is 0. The zero-order chi connectivity index (χ0) is 18.4. The lowest BCUT2D eigenvalue weighted by Crippen LogP contribution is -2.54. The van der Waals surface area contributed by atoms with E-state index in [1.807, 2.05) is 39.8 Å². The second-order valence-corrected chi connectivity index (χ2v) is 8.45. The maximum atomic E-state index is 12.3. The number of aryl methyl sites for hydroxylation is 1. The Kier molecular flexibility index (Phi) is 4.70. The summed E-state index contributed by atoms with van der Waals surface area (Å²) in [6, 6.07) is 4.67. The highest BCUT2D eigenvalue weighted by molar-refractivity contribution is 9.10. The number of amides is 1. The molecule has 1 fully saturated rings. The molecule has 0 spiro atoms. The maximum Gasteiger partial charge on any atom is 0.410 e. The Bertz CT molecular complexity index is 797. The van der Waals surface area contributed by atoms with Crippen LogP contribution in [0.3, 0.4) is 0 Å². The summed E-state index contributed by atoms with van der Waals surface area (Å²) < 4.78 is 12.5. The van der Waals surface area contributed by atoms with Gasteiger partial charge < -0.3 is 19.0 Å². The molecule has 6 nitrogen and oxygen atoms in total. The number of hydrogen-bond donors (Lipinski definition) is 0. The van der Waals surface area contributed by atoms with E-state index in [0.717, 1.165) is 21.1 Å². The second-order valence-electron chi connectivity index (χ2n) is 7.54. The summed E-state index contributed by atoms with van der Waals surface area (Å²) in [5.41, 5.74) is 2.20. The fourth-order valence-electron chi connectivity index (χ4n) is 3.00. The Labute approximate surface area is 156 Å². The predicted molar refractivity (Wildman–Crippen MR) is 101 cm³/mol. The van der Waals surface area contributed by atoms with Crippen LogP contribution in [-0.2, 0) is 4.74 Å². The largest absolute Gasteiger partial charge is 0.444 e. The minimum Gasteiger partial charge on any atom is -0.444 e. The van der Waals surface area contributed by atoms with Crippen molar-refractivity contribution in [2.75, 3.05) is 24.5 Å². The van der Waals surface area contributed by atoms with Gasteiger partial charge >= 0.3 is 6.09 Å². The lowest BCUT2D eigenvalue weighted by atomic mass is 10.2. The number of rotatable bonds is 1. The first kappa shape index (κ1) is 18.0. The van der Waals surface area contributed by atoms with Gasteiger partial charge in [-0.25, -0.2) is 4.79 Å². The summed E-state index contributed by atoms with van der Waals surface area (Å²) in [6.45, 7) is 11.5. The molecule has 1 aromatic carbocycles. The van der Waals surface area contributed by atoms with E-state index in [4.69, 9.17) is 9.15 Å². The molecule has 0 N–H and O–H groups in total. The van der Waals surface area contributed by atoms with E-state index in [1.165, 1.54) is 0 Å². The van der Waals surface area contributed by atoms with Crippen LogP contribution in [0.15, 0.2) is 21.0 Å². The molecule has 136 valence electrons. The number of aromatic nitrogens is 1. The normalized spacial score (nSPS) is 18.7. The number of benzene rings is 1. The number of fused-ring (bicyclic) bond motifs is 1. The summed E-state index contributed by atoms with van der Waals surface area (Å²) in [4.78, 5) is 20.8. The van der Waals surface area contributed by atoms with Crippen molar-refractivity contribution in [2.45, 2.75) is 46.3 Å². The number of oxazole rings is 1. The number of nitrogens with zero attached hydrogens (tertiary/aromatic N) is 3. The molecule has 0 bridgehead atoms. The molecule has 2 aromatic rings. The van der Waals surface area contributed by atoms with Gasteiger partial charge in [-0.3, -0.25) is 0 Å². The van der Waals surface area contributed by atoms with Gasteiger partial charge in [-0.1, -0.05) is 15.9 Å². The molecule has 1 saturated heterocycles. The number of carbonyl (C=O) groups is 1. The molecule has 0 unspecified atom stereocenters. The van der Waals surface area contributed by atoms with Crippen LogP contribution in [-0.4, -0.2) is 47.3 Å². The molecule has 25 heavy (non-hydrogen) atoms. The van der Waals surface area contributed by atoms with Crippen molar-refractivity contribution in [1.82, 2.24) is 9.88 Å². The number of anilines is 1. The van der Waals surface area contributed by atoms with Crippen molar-refractivity contribution in [3.8, 4) is 0 Å². The zero-order valence-electron chi connectivity index (χ0n) is 15.3. The highest BCUT2D eigenvalue weighted by Crippen LogP contribution is 2.29. The number of piperazine rings is 1. The second kappa shape index (κ2) is 6.52. The topological polar surface area (TPSA) is 58.8 Å². The molecule has 1 aliphatic rings. The van der Waals surface area contributed by atoms with Crippen LogP contribution < -0.4 is 4.90 Å². The molecule has 3 rings (SSSR count). The van der Waals surface area contributed by atoms with Crippen molar-refractivity contribution in [3.63, 3.8) is 0 Å². The Hall–Kier alpha value is -1.76. The minimum atomic E-state index is -0.483. The fraction of sp³-hybridized carbons (Fsp3) is 0.556. The summed E-state index contributed by atoms with van der Waals surface area (Å²) >= 11 is 3.49. The Morgan fingerprint density at radius 3 is 2.72 bits per heavy atom. The predicted octanol–water partition coefficient (Wildman–Crippen LogP) is 4.34. The molecular weight excluding hydrogens is 386 g/mol. The highest BCUT2D eigenvalue weighted by Gasteiger charge is 2.32. The van der Waals surface area contributed by atoms with Gasteiger partial charge in [0.05, 0.1) is 0 Å². The van der Waals surface area contributed by atoms with Crippen LogP contribution in [0.4, 0.5) is 10.8 Å². The Morgan fingerprint density at radius 2 is 2.08 bits per heavy atom.